The maximum absolute atomic E-state index is 13.6. The summed E-state index contributed by atoms with van der Waals surface area (Å²) in [6.45, 7) is 0.499. The summed E-state index contributed by atoms with van der Waals surface area (Å²) in [6.07, 6.45) is 7.91. The highest BCUT2D eigenvalue weighted by Gasteiger charge is 2.38. The molecule has 0 saturated heterocycles. The minimum absolute atomic E-state index is 0.0130. The molecule has 11 nitrogen and oxygen atoms in total. The van der Waals surface area contributed by atoms with Crippen LogP contribution < -0.4 is 10.0 Å². The largest absolute Gasteiger partial charge is 0.469 e. The highest BCUT2D eigenvalue weighted by Crippen LogP contribution is 2.35. The second-order valence-electron chi connectivity index (χ2n) is 10.1. The van der Waals surface area contributed by atoms with E-state index in [-0.39, 0.29) is 46.4 Å². The number of esters is 1. The Morgan fingerprint density at radius 2 is 1.89 bits per heavy atom. The van der Waals surface area contributed by atoms with E-state index in [0.29, 0.717) is 25.3 Å². The zero-order valence-corrected chi connectivity index (χ0v) is 22.7. The molecule has 2 unspecified atom stereocenters. The van der Waals surface area contributed by atoms with Crippen molar-refractivity contribution < 1.29 is 31.2 Å². The van der Waals surface area contributed by atoms with E-state index in [9.17, 15) is 26.4 Å². The van der Waals surface area contributed by atoms with E-state index in [1.807, 2.05) is 0 Å². The summed E-state index contributed by atoms with van der Waals surface area (Å²) in [5, 5.41) is 2.92. The van der Waals surface area contributed by atoms with E-state index in [1.54, 1.807) is 4.90 Å². The lowest BCUT2D eigenvalue weighted by Gasteiger charge is -2.35. The van der Waals surface area contributed by atoms with Crippen molar-refractivity contribution in [3.05, 3.63) is 18.2 Å². The zero-order valence-electron chi connectivity index (χ0n) is 21.1. The van der Waals surface area contributed by atoms with E-state index >= 15 is 0 Å². The quantitative estimate of drug-likeness (QED) is 0.349. The van der Waals surface area contributed by atoms with Crippen LogP contribution in [0.15, 0.2) is 27.5 Å². The van der Waals surface area contributed by atoms with Crippen LogP contribution in [0.1, 0.15) is 57.8 Å². The van der Waals surface area contributed by atoms with Crippen molar-refractivity contribution in [2.45, 2.75) is 68.7 Å². The molecule has 0 radical (unpaired) electrons. The lowest BCUT2D eigenvalue weighted by molar-refractivity contribution is -0.150. The van der Waals surface area contributed by atoms with E-state index < -0.39 is 26.0 Å². The number of carbonyl (C=O) groups excluding carboxylic acids is 2. The second-order valence-corrected chi connectivity index (χ2v) is 13.4. The number of hydrogen-bond acceptors (Lipinski definition) is 8. The van der Waals surface area contributed by atoms with Gasteiger partial charge in [0.05, 0.1) is 31.4 Å². The monoisotopic (exact) mass is 554 g/mol. The first-order valence-corrected chi connectivity index (χ1v) is 15.9. The normalized spacial score (nSPS) is 23.0. The number of amides is 1. The summed E-state index contributed by atoms with van der Waals surface area (Å²) in [5.74, 6) is -0.464. The number of hydrogen-bond donors (Lipinski definition) is 2. The van der Waals surface area contributed by atoms with Crippen molar-refractivity contribution in [1.82, 2.24) is 4.90 Å². The first kappa shape index (κ1) is 27.4. The number of benzene rings is 1. The number of methoxy groups -OCH3 is 1. The Morgan fingerprint density at radius 3 is 2.57 bits per heavy atom. The third-order valence-corrected chi connectivity index (χ3v) is 9.03. The molecule has 4 rings (SSSR count). The Kier molecular flexibility index (Phi) is 8.12. The predicted octanol–water partition coefficient (Wildman–Crippen LogP) is 2.71. The van der Waals surface area contributed by atoms with E-state index in [0.717, 1.165) is 44.8 Å². The fourth-order valence-corrected chi connectivity index (χ4v) is 6.83. The van der Waals surface area contributed by atoms with Gasteiger partial charge in [0.2, 0.25) is 15.9 Å². The highest BCUT2D eigenvalue weighted by molar-refractivity contribution is 7.92. The van der Waals surface area contributed by atoms with Crippen molar-refractivity contribution in [1.29, 1.82) is 0 Å². The van der Waals surface area contributed by atoms with Gasteiger partial charge in [0, 0.05) is 18.3 Å². The molecule has 204 valence electrons. The summed E-state index contributed by atoms with van der Waals surface area (Å²) in [5.41, 5.74) is 0.304. The number of nitrogens with zero attached hydrogens (tertiary/aromatic N) is 2. The summed E-state index contributed by atoms with van der Waals surface area (Å²) in [7, 11) is -6.40. The summed E-state index contributed by atoms with van der Waals surface area (Å²) < 4.78 is 60.0. The molecular weight excluding hydrogens is 520 g/mol. The number of anilines is 2. The van der Waals surface area contributed by atoms with Gasteiger partial charge in [-0.3, -0.25) is 14.3 Å². The van der Waals surface area contributed by atoms with Crippen LogP contribution in [-0.4, -0.2) is 65.4 Å². The average Bonchev–Trinajstić information content (AvgIpc) is 3.65. The molecule has 0 aromatic heterocycles. The fourth-order valence-electron chi connectivity index (χ4n) is 5.10. The molecule has 1 aliphatic heterocycles. The van der Waals surface area contributed by atoms with Gasteiger partial charge in [-0.05, 0) is 43.4 Å². The smallest absolute Gasteiger partial charge is 0.310 e. The number of fused-ring (bicyclic) bond motifs is 1. The molecule has 1 aromatic rings. The maximum atomic E-state index is 13.6. The lowest BCUT2D eigenvalue weighted by Crippen LogP contribution is -2.48. The van der Waals surface area contributed by atoms with Crippen LogP contribution in [0.2, 0.25) is 0 Å². The van der Waals surface area contributed by atoms with Gasteiger partial charge >= 0.3 is 5.97 Å². The van der Waals surface area contributed by atoms with Crippen molar-refractivity contribution >= 4 is 49.1 Å². The first-order valence-electron chi connectivity index (χ1n) is 12.6. The summed E-state index contributed by atoms with van der Waals surface area (Å²) in [6, 6.07) is 3.75. The van der Waals surface area contributed by atoms with Crippen LogP contribution in [0, 0.1) is 11.8 Å². The predicted molar refractivity (Wildman–Crippen MR) is 139 cm³/mol. The Morgan fingerprint density at radius 1 is 1.16 bits per heavy atom. The Labute approximate surface area is 218 Å². The van der Waals surface area contributed by atoms with E-state index in [2.05, 4.69) is 14.4 Å². The number of sulfonamides is 2. The standard InChI is InChI=1S/C24H34N4O7S2/c1-35-24(30)18-6-4-3-5-7-20(18)28(13-12-16-8-9-16)23(29)15-22-25-19-11-10-17(26-36(2,31)32)14-21(19)37(33,34)27-22/h10-11,14,16,18,20,26H,3-9,12-13,15H2,1-2H3,(H,25,27). The minimum atomic E-state index is -4.17. The molecule has 1 aromatic carbocycles. The number of nitrogens with one attached hydrogen (secondary N) is 2. The second kappa shape index (κ2) is 11.0. The molecule has 37 heavy (non-hydrogen) atoms. The maximum Gasteiger partial charge on any atom is 0.310 e. The molecule has 2 atom stereocenters. The molecule has 2 fully saturated rings. The van der Waals surface area contributed by atoms with E-state index in [4.69, 9.17) is 4.74 Å². The molecule has 2 N–H and O–H groups in total. The van der Waals surface area contributed by atoms with Crippen LogP contribution >= 0.6 is 0 Å². The van der Waals surface area contributed by atoms with Crippen LogP contribution in [0.3, 0.4) is 0 Å². The zero-order chi connectivity index (χ0) is 26.8. The molecular formula is C24H34N4O7S2. The molecule has 1 heterocycles. The van der Waals surface area contributed by atoms with E-state index in [1.165, 1.54) is 25.3 Å². The average molecular weight is 555 g/mol. The van der Waals surface area contributed by atoms with Gasteiger partial charge in [-0.15, -0.1) is 4.40 Å². The van der Waals surface area contributed by atoms with Crippen LogP contribution in [0.25, 0.3) is 0 Å². The third-order valence-electron chi connectivity index (χ3n) is 7.07. The molecule has 13 heteroatoms. The van der Waals surface area contributed by atoms with Gasteiger partial charge in [0.15, 0.2) is 0 Å². The summed E-state index contributed by atoms with van der Waals surface area (Å²) in [4.78, 5) is 27.8. The topological polar surface area (TPSA) is 151 Å². The van der Waals surface area contributed by atoms with Gasteiger partial charge in [-0.2, -0.15) is 8.42 Å². The fraction of sp³-hybridized carbons (Fsp3) is 0.625. The van der Waals surface area contributed by atoms with Gasteiger partial charge in [0.1, 0.15) is 10.7 Å². The van der Waals surface area contributed by atoms with Gasteiger partial charge in [-0.1, -0.05) is 32.1 Å². The number of amidine groups is 1. The molecule has 3 aliphatic rings. The van der Waals surface area contributed by atoms with Crippen molar-refractivity contribution in [2.24, 2.45) is 16.2 Å². The molecule has 0 spiro atoms. The van der Waals surface area contributed by atoms with Gasteiger partial charge < -0.3 is 15.0 Å². The molecule has 1 amide bonds. The third kappa shape index (κ3) is 7.01. The Balaban J connectivity index is 1.56. The van der Waals surface area contributed by atoms with Crippen molar-refractivity contribution in [3.8, 4) is 0 Å². The molecule has 0 bridgehead atoms. The van der Waals surface area contributed by atoms with Crippen LogP contribution in [0.5, 0.6) is 0 Å². The van der Waals surface area contributed by atoms with Gasteiger partial charge in [0.25, 0.3) is 10.0 Å². The highest BCUT2D eigenvalue weighted by atomic mass is 32.2. The van der Waals surface area contributed by atoms with Crippen LogP contribution in [-0.2, 0) is 34.4 Å². The van der Waals surface area contributed by atoms with Gasteiger partial charge in [-0.25, -0.2) is 8.42 Å². The molecule has 2 saturated carbocycles. The van der Waals surface area contributed by atoms with Crippen LogP contribution in [0.4, 0.5) is 11.4 Å². The SMILES string of the molecule is COC(=O)C1CCCCCC1N(CCC1CC1)C(=O)CC1=NS(=O)(=O)c2cc(NS(C)(=O)=O)ccc2N1. The number of ether oxygens (including phenoxy) is 1. The Hall–Kier alpha value is -2.67. The molecule has 2 aliphatic carbocycles. The lowest BCUT2D eigenvalue weighted by atomic mass is 9.92. The van der Waals surface area contributed by atoms with Crippen molar-refractivity contribution in [3.63, 3.8) is 0 Å². The Bertz CT molecular complexity index is 1290. The number of rotatable bonds is 9. The number of carbonyl (C=O) groups is 2. The minimum Gasteiger partial charge on any atom is -0.469 e. The summed E-state index contributed by atoms with van der Waals surface area (Å²) >= 11 is 0. The first-order chi connectivity index (χ1) is 17.5. The van der Waals surface area contributed by atoms with Crippen molar-refractivity contribution in [2.75, 3.05) is 29.9 Å².